The molecule has 2 aromatic carbocycles. The fraction of sp³-hybridized carbons (Fsp3) is 0.188. The van der Waals surface area contributed by atoms with Gasteiger partial charge in [-0.1, -0.05) is 18.2 Å². The largest absolute Gasteiger partial charge is 0.508 e. The van der Waals surface area contributed by atoms with Crippen molar-refractivity contribution >= 4 is 11.4 Å². The number of phenols is 1. The van der Waals surface area contributed by atoms with Crippen LogP contribution in [0.25, 0.3) is 0 Å². The molecule has 0 aliphatic rings. The zero-order valence-electron chi connectivity index (χ0n) is 11.1. The van der Waals surface area contributed by atoms with E-state index < -0.39 is 0 Å². The number of hydrogen-bond donors (Lipinski definition) is 1. The summed E-state index contributed by atoms with van der Waals surface area (Å²) < 4.78 is 0. The third-order valence-electron chi connectivity index (χ3n) is 3.12. The lowest BCUT2D eigenvalue weighted by Crippen LogP contribution is -2.18. The number of para-hydroxylation sites is 1. The number of nitrogens with zero attached hydrogens (tertiary/aromatic N) is 2. The number of aromatic hydroxyl groups is 1. The molecule has 0 unspecified atom stereocenters. The van der Waals surface area contributed by atoms with Crippen LogP contribution in [0.4, 0.5) is 11.4 Å². The molecule has 96 valence electrons. The SMILES string of the molecule is CCN(c1cc(O)ccc1C)c1ccccc1C#N. The van der Waals surface area contributed by atoms with Gasteiger partial charge in [-0.25, -0.2) is 0 Å². The highest BCUT2D eigenvalue weighted by Gasteiger charge is 2.13. The van der Waals surface area contributed by atoms with Crippen LogP contribution < -0.4 is 4.90 Å². The Hall–Kier alpha value is -2.47. The minimum atomic E-state index is 0.230. The van der Waals surface area contributed by atoms with Gasteiger partial charge in [-0.2, -0.15) is 5.26 Å². The quantitative estimate of drug-likeness (QED) is 0.905. The summed E-state index contributed by atoms with van der Waals surface area (Å²) in [6.07, 6.45) is 0. The van der Waals surface area contributed by atoms with Crippen molar-refractivity contribution in [3.63, 3.8) is 0 Å². The summed E-state index contributed by atoms with van der Waals surface area (Å²) >= 11 is 0. The molecular formula is C16H16N2O. The summed E-state index contributed by atoms with van der Waals surface area (Å²) in [5.41, 5.74) is 3.48. The van der Waals surface area contributed by atoms with Gasteiger partial charge >= 0.3 is 0 Å². The molecule has 0 aliphatic carbocycles. The number of phenolic OH excluding ortho intramolecular Hbond substituents is 1. The first-order valence-electron chi connectivity index (χ1n) is 6.23. The number of aryl methyl sites for hydroxylation is 1. The molecule has 0 bridgehead atoms. The maximum Gasteiger partial charge on any atom is 0.117 e. The summed E-state index contributed by atoms with van der Waals surface area (Å²) in [6, 6.07) is 15.0. The van der Waals surface area contributed by atoms with E-state index in [0.29, 0.717) is 5.56 Å². The molecule has 0 heterocycles. The zero-order chi connectivity index (χ0) is 13.8. The molecule has 0 spiro atoms. The van der Waals surface area contributed by atoms with E-state index in [-0.39, 0.29) is 5.75 Å². The molecule has 3 heteroatoms. The second-order valence-electron chi connectivity index (χ2n) is 4.34. The van der Waals surface area contributed by atoms with Gasteiger partial charge in [0.15, 0.2) is 0 Å². The molecule has 0 aliphatic heterocycles. The smallest absolute Gasteiger partial charge is 0.117 e. The van der Waals surface area contributed by atoms with Crippen molar-refractivity contribution in [3.8, 4) is 11.8 Å². The van der Waals surface area contributed by atoms with Crippen LogP contribution in [0.15, 0.2) is 42.5 Å². The van der Waals surface area contributed by atoms with Crippen LogP contribution in [0.3, 0.4) is 0 Å². The van der Waals surface area contributed by atoms with Crippen LogP contribution in [0.5, 0.6) is 5.75 Å². The number of anilines is 2. The molecule has 2 rings (SSSR count). The lowest BCUT2D eigenvalue weighted by atomic mass is 10.1. The van der Waals surface area contributed by atoms with Gasteiger partial charge in [0.1, 0.15) is 11.8 Å². The Morgan fingerprint density at radius 1 is 1.16 bits per heavy atom. The number of benzene rings is 2. The van der Waals surface area contributed by atoms with E-state index in [1.807, 2.05) is 43.0 Å². The fourth-order valence-corrected chi connectivity index (χ4v) is 2.16. The van der Waals surface area contributed by atoms with Crippen LogP contribution in [-0.4, -0.2) is 11.7 Å². The summed E-state index contributed by atoms with van der Waals surface area (Å²) in [5.74, 6) is 0.230. The van der Waals surface area contributed by atoms with E-state index in [4.69, 9.17) is 0 Å². The highest BCUT2D eigenvalue weighted by molar-refractivity contribution is 5.72. The van der Waals surface area contributed by atoms with Crippen molar-refractivity contribution in [1.82, 2.24) is 0 Å². The van der Waals surface area contributed by atoms with E-state index in [2.05, 4.69) is 6.07 Å². The molecular weight excluding hydrogens is 236 g/mol. The van der Waals surface area contributed by atoms with Crippen molar-refractivity contribution in [2.45, 2.75) is 13.8 Å². The Balaban J connectivity index is 2.57. The molecule has 0 amide bonds. The van der Waals surface area contributed by atoms with Crippen molar-refractivity contribution in [3.05, 3.63) is 53.6 Å². The number of rotatable bonds is 3. The average molecular weight is 252 g/mol. The Kier molecular flexibility index (Phi) is 3.72. The molecule has 0 saturated heterocycles. The van der Waals surface area contributed by atoms with Gasteiger partial charge in [0.25, 0.3) is 0 Å². The average Bonchev–Trinajstić information content (AvgIpc) is 2.44. The second kappa shape index (κ2) is 5.45. The summed E-state index contributed by atoms with van der Waals surface area (Å²) in [4.78, 5) is 2.04. The Bertz CT molecular complexity index is 629. The first-order valence-corrected chi connectivity index (χ1v) is 6.23. The highest BCUT2D eigenvalue weighted by Crippen LogP contribution is 2.32. The van der Waals surface area contributed by atoms with E-state index in [0.717, 1.165) is 23.5 Å². The van der Waals surface area contributed by atoms with Gasteiger partial charge in [-0.15, -0.1) is 0 Å². The van der Waals surface area contributed by atoms with Crippen molar-refractivity contribution in [2.24, 2.45) is 0 Å². The van der Waals surface area contributed by atoms with Crippen LogP contribution >= 0.6 is 0 Å². The van der Waals surface area contributed by atoms with E-state index >= 15 is 0 Å². The molecule has 1 N–H and O–H groups in total. The molecule has 2 aromatic rings. The van der Waals surface area contributed by atoms with Gasteiger partial charge in [0, 0.05) is 18.3 Å². The van der Waals surface area contributed by atoms with Gasteiger partial charge in [-0.3, -0.25) is 0 Å². The van der Waals surface area contributed by atoms with Crippen LogP contribution in [0.2, 0.25) is 0 Å². The number of hydrogen-bond acceptors (Lipinski definition) is 3. The predicted octanol–water partition coefficient (Wildman–Crippen LogP) is 3.73. The topological polar surface area (TPSA) is 47.3 Å². The molecule has 0 fully saturated rings. The first-order chi connectivity index (χ1) is 9.17. The highest BCUT2D eigenvalue weighted by atomic mass is 16.3. The third kappa shape index (κ3) is 2.53. The van der Waals surface area contributed by atoms with Crippen LogP contribution in [0.1, 0.15) is 18.1 Å². The predicted molar refractivity (Wildman–Crippen MR) is 76.7 cm³/mol. The van der Waals surface area contributed by atoms with Crippen LogP contribution in [-0.2, 0) is 0 Å². The molecule has 19 heavy (non-hydrogen) atoms. The Labute approximate surface area is 113 Å². The Morgan fingerprint density at radius 3 is 2.58 bits per heavy atom. The second-order valence-corrected chi connectivity index (χ2v) is 4.34. The molecule has 3 nitrogen and oxygen atoms in total. The maximum atomic E-state index is 9.66. The van der Waals surface area contributed by atoms with E-state index in [1.54, 1.807) is 18.2 Å². The lowest BCUT2D eigenvalue weighted by Gasteiger charge is -2.26. The normalized spacial score (nSPS) is 9.95. The molecule has 0 radical (unpaired) electrons. The number of nitriles is 1. The van der Waals surface area contributed by atoms with Gasteiger partial charge in [0.2, 0.25) is 0 Å². The third-order valence-corrected chi connectivity index (χ3v) is 3.12. The summed E-state index contributed by atoms with van der Waals surface area (Å²) in [6.45, 7) is 4.74. The lowest BCUT2D eigenvalue weighted by molar-refractivity contribution is 0.475. The van der Waals surface area contributed by atoms with Gasteiger partial charge < -0.3 is 10.0 Å². The monoisotopic (exact) mass is 252 g/mol. The fourth-order valence-electron chi connectivity index (χ4n) is 2.16. The maximum absolute atomic E-state index is 9.66. The van der Waals surface area contributed by atoms with Gasteiger partial charge in [-0.05, 0) is 37.6 Å². The zero-order valence-corrected chi connectivity index (χ0v) is 11.1. The molecule has 0 aromatic heterocycles. The molecule has 0 atom stereocenters. The van der Waals surface area contributed by atoms with Crippen molar-refractivity contribution < 1.29 is 5.11 Å². The molecule has 0 saturated carbocycles. The summed E-state index contributed by atoms with van der Waals surface area (Å²) in [5, 5.41) is 18.9. The summed E-state index contributed by atoms with van der Waals surface area (Å²) in [7, 11) is 0. The van der Waals surface area contributed by atoms with Crippen molar-refractivity contribution in [1.29, 1.82) is 5.26 Å². The Morgan fingerprint density at radius 2 is 1.89 bits per heavy atom. The first kappa shape index (κ1) is 13.0. The van der Waals surface area contributed by atoms with E-state index in [9.17, 15) is 10.4 Å². The van der Waals surface area contributed by atoms with Crippen molar-refractivity contribution in [2.75, 3.05) is 11.4 Å². The van der Waals surface area contributed by atoms with Crippen LogP contribution in [0, 0.1) is 18.3 Å². The minimum absolute atomic E-state index is 0.230. The standard InChI is InChI=1S/C16H16N2O/c1-3-18(15-7-5-4-6-13(15)11-17)16-10-14(19)9-8-12(16)2/h4-10,19H,3H2,1-2H3. The van der Waals surface area contributed by atoms with E-state index in [1.165, 1.54) is 0 Å². The minimum Gasteiger partial charge on any atom is -0.508 e. The van der Waals surface area contributed by atoms with Gasteiger partial charge in [0.05, 0.1) is 11.3 Å².